The standard InChI is InChI=1S/C6H14NO5P/c1-5(2)6(8)7-3-4-12-13(9,10)11/h5H,3-4H2,1-2H3,(H,7,8)(H2,9,10,11)/p-2. The number of nitrogens with one attached hydrogen (secondary N) is 1. The summed E-state index contributed by atoms with van der Waals surface area (Å²) in [7, 11) is -4.90. The van der Waals surface area contributed by atoms with Crippen LogP contribution in [0, 0.1) is 5.92 Å². The summed E-state index contributed by atoms with van der Waals surface area (Å²) < 4.78 is 13.8. The molecular formula is C6H12NO5P-2. The first kappa shape index (κ1) is 12.6. The summed E-state index contributed by atoms with van der Waals surface area (Å²) in [5, 5.41) is 2.39. The molecular weight excluding hydrogens is 197 g/mol. The van der Waals surface area contributed by atoms with Crippen LogP contribution in [0.2, 0.25) is 0 Å². The average molecular weight is 209 g/mol. The third-order valence-electron chi connectivity index (χ3n) is 1.18. The van der Waals surface area contributed by atoms with E-state index in [0.717, 1.165) is 0 Å². The molecule has 0 bridgehead atoms. The van der Waals surface area contributed by atoms with E-state index in [1.165, 1.54) is 0 Å². The number of amides is 1. The highest BCUT2D eigenvalue weighted by atomic mass is 31.2. The molecule has 0 saturated carbocycles. The Bertz CT molecular complexity index is 211. The van der Waals surface area contributed by atoms with Crippen molar-refractivity contribution in [1.82, 2.24) is 5.32 Å². The normalized spacial score (nSPS) is 11.8. The maximum absolute atomic E-state index is 10.9. The second kappa shape index (κ2) is 5.34. The van der Waals surface area contributed by atoms with Crippen molar-refractivity contribution in [3.63, 3.8) is 0 Å². The molecule has 0 aromatic carbocycles. The molecule has 0 aliphatic heterocycles. The van der Waals surface area contributed by atoms with Crippen molar-refractivity contribution in [2.75, 3.05) is 13.2 Å². The molecule has 78 valence electrons. The maximum atomic E-state index is 10.9. The number of hydrogen-bond donors (Lipinski definition) is 1. The van der Waals surface area contributed by atoms with Gasteiger partial charge in [0.1, 0.15) is 0 Å². The van der Waals surface area contributed by atoms with Gasteiger partial charge in [-0.3, -0.25) is 4.79 Å². The molecule has 1 amide bonds. The molecule has 0 saturated heterocycles. The zero-order valence-electron chi connectivity index (χ0n) is 7.48. The third kappa shape index (κ3) is 7.93. The topological polar surface area (TPSA) is 102 Å². The van der Waals surface area contributed by atoms with Crippen molar-refractivity contribution < 1.29 is 23.7 Å². The van der Waals surface area contributed by atoms with Gasteiger partial charge >= 0.3 is 0 Å². The van der Waals surface area contributed by atoms with Gasteiger partial charge in [0.15, 0.2) is 0 Å². The molecule has 0 radical (unpaired) electrons. The van der Waals surface area contributed by atoms with Crippen LogP contribution >= 0.6 is 7.82 Å². The van der Waals surface area contributed by atoms with E-state index in [4.69, 9.17) is 0 Å². The minimum Gasteiger partial charge on any atom is -0.790 e. The molecule has 0 fully saturated rings. The number of rotatable bonds is 5. The molecule has 0 unspecified atom stereocenters. The lowest BCUT2D eigenvalue weighted by molar-refractivity contribution is -0.341. The molecule has 6 nitrogen and oxygen atoms in total. The Morgan fingerprint density at radius 1 is 1.54 bits per heavy atom. The van der Waals surface area contributed by atoms with Crippen molar-refractivity contribution in [1.29, 1.82) is 0 Å². The summed E-state index contributed by atoms with van der Waals surface area (Å²) in [4.78, 5) is 30.8. The van der Waals surface area contributed by atoms with Crippen LogP contribution in [-0.4, -0.2) is 19.1 Å². The average Bonchev–Trinajstić information content (AvgIpc) is 1.95. The van der Waals surface area contributed by atoms with E-state index in [-0.39, 0.29) is 25.0 Å². The van der Waals surface area contributed by atoms with E-state index >= 15 is 0 Å². The Morgan fingerprint density at radius 3 is 2.46 bits per heavy atom. The van der Waals surface area contributed by atoms with E-state index < -0.39 is 7.82 Å². The van der Waals surface area contributed by atoms with Gasteiger partial charge in [-0.1, -0.05) is 13.8 Å². The predicted molar refractivity (Wildman–Crippen MR) is 41.4 cm³/mol. The zero-order chi connectivity index (χ0) is 10.5. The molecule has 13 heavy (non-hydrogen) atoms. The number of phosphoric acid groups is 1. The predicted octanol–water partition coefficient (Wildman–Crippen LogP) is -1.40. The largest absolute Gasteiger partial charge is 0.790 e. The molecule has 0 aromatic heterocycles. The highest BCUT2D eigenvalue weighted by Gasteiger charge is 2.04. The maximum Gasteiger partial charge on any atom is 0.222 e. The number of carbonyl (C=O) groups is 1. The lowest BCUT2D eigenvalue weighted by atomic mass is 10.2. The first-order chi connectivity index (χ1) is 5.83. The summed E-state index contributed by atoms with van der Waals surface area (Å²) in [6.45, 7) is 3.10. The first-order valence-corrected chi connectivity index (χ1v) is 5.23. The van der Waals surface area contributed by atoms with Crippen molar-refractivity contribution in [3.8, 4) is 0 Å². The second-order valence-corrected chi connectivity index (χ2v) is 3.88. The molecule has 0 aliphatic carbocycles. The SMILES string of the molecule is CC(C)C(=O)NCCOP(=O)([O-])[O-]. The van der Waals surface area contributed by atoms with Crippen LogP contribution in [0.5, 0.6) is 0 Å². The molecule has 0 spiro atoms. The molecule has 1 N–H and O–H groups in total. The molecule has 0 aliphatic rings. The minimum atomic E-state index is -4.90. The summed E-state index contributed by atoms with van der Waals surface area (Å²) in [6.07, 6.45) is 0. The van der Waals surface area contributed by atoms with Gasteiger partial charge in [-0.2, -0.15) is 0 Å². The lowest BCUT2D eigenvalue weighted by Crippen LogP contribution is -2.31. The fraction of sp³-hybridized carbons (Fsp3) is 0.833. The van der Waals surface area contributed by atoms with Crippen molar-refractivity contribution >= 4 is 13.7 Å². The van der Waals surface area contributed by atoms with Crippen LogP contribution in [0.3, 0.4) is 0 Å². The smallest absolute Gasteiger partial charge is 0.222 e. The fourth-order valence-electron chi connectivity index (χ4n) is 0.536. The molecule has 0 aromatic rings. The zero-order valence-corrected chi connectivity index (χ0v) is 8.37. The van der Waals surface area contributed by atoms with Gasteiger partial charge in [0, 0.05) is 12.5 Å². The minimum absolute atomic E-state index is 0.0193. The van der Waals surface area contributed by atoms with Gasteiger partial charge in [0.25, 0.3) is 0 Å². The Hall–Kier alpha value is -0.420. The lowest BCUT2D eigenvalue weighted by Gasteiger charge is -2.28. The number of phosphoric ester groups is 1. The van der Waals surface area contributed by atoms with Crippen LogP contribution < -0.4 is 15.1 Å². The number of hydrogen-bond acceptors (Lipinski definition) is 5. The van der Waals surface area contributed by atoms with Gasteiger partial charge in [-0.15, -0.1) is 0 Å². The highest BCUT2D eigenvalue weighted by Crippen LogP contribution is 2.23. The van der Waals surface area contributed by atoms with Crippen LogP contribution in [-0.2, 0) is 13.9 Å². The van der Waals surface area contributed by atoms with E-state index in [2.05, 4.69) is 9.84 Å². The van der Waals surface area contributed by atoms with Gasteiger partial charge in [-0.05, 0) is 0 Å². The van der Waals surface area contributed by atoms with Gasteiger partial charge in [0.2, 0.25) is 5.91 Å². The van der Waals surface area contributed by atoms with Crippen LogP contribution in [0.4, 0.5) is 0 Å². The first-order valence-electron chi connectivity index (χ1n) is 3.77. The summed E-state index contributed by atoms with van der Waals surface area (Å²) in [5.74, 6) is -0.387. The Balaban J connectivity index is 3.47. The monoisotopic (exact) mass is 209 g/mol. The van der Waals surface area contributed by atoms with E-state index in [1.807, 2.05) is 0 Å². The summed E-state index contributed by atoms with van der Waals surface area (Å²) in [5.41, 5.74) is 0. The van der Waals surface area contributed by atoms with Crippen molar-refractivity contribution in [2.24, 2.45) is 5.92 Å². The molecule has 7 heteroatoms. The van der Waals surface area contributed by atoms with Crippen LogP contribution in [0.25, 0.3) is 0 Å². The quantitative estimate of drug-likeness (QED) is 0.443. The Labute approximate surface area is 76.5 Å². The summed E-state index contributed by atoms with van der Waals surface area (Å²) >= 11 is 0. The molecule has 0 rings (SSSR count). The van der Waals surface area contributed by atoms with Gasteiger partial charge in [-0.25, -0.2) is 0 Å². The second-order valence-electron chi connectivity index (χ2n) is 2.73. The molecule has 0 atom stereocenters. The Morgan fingerprint density at radius 2 is 2.08 bits per heavy atom. The summed E-state index contributed by atoms with van der Waals surface area (Å²) in [6, 6.07) is 0. The number of carbonyl (C=O) groups excluding carboxylic acids is 1. The van der Waals surface area contributed by atoms with Crippen LogP contribution in [0.1, 0.15) is 13.8 Å². The van der Waals surface area contributed by atoms with Gasteiger partial charge < -0.3 is 24.2 Å². The van der Waals surface area contributed by atoms with Crippen molar-refractivity contribution in [3.05, 3.63) is 0 Å². The third-order valence-corrected chi connectivity index (χ3v) is 1.67. The Kier molecular flexibility index (Phi) is 5.17. The fourth-order valence-corrected chi connectivity index (χ4v) is 0.851. The van der Waals surface area contributed by atoms with E-state index in [1.54, 1.807) is 13.8 Å². The van der Waals surface area contributed by atoms with E-state index in [0.29, 0.717) is 0 Å². The van der Waals surface area contributed by atoms with Crippen molar-refractivity contribution in [2.45, 2.75) is 13.8 Å². The van der Waals surface area contributed by atoms with Crippen LogP contribution in [0.15, 0.2) is 0 Å². The van der Waals surface area contributed by atoms with Gasteiger partial charge in [0.05, 0.1) is 14.4 Å². The highest BCUT2D eigenvalue weighted by molar-refractivity contribution is 7.43. The molecule has 0 heterocycles. The van der Waals surface area contributed by atoms with E-state index in [9.17, 15) is 19.1 Å².